The van der Waals surface area contributed by atoms with Crippen LogP contribution >= 0.6 is 0 Å². The molecule has 0 spiro atoms. The second kappa shape index (κ2) is 7.68. The Hall–Kier alpha value is -1.02. The summed E-state index contributed by atoms with van der Waals surface area (Å²) in [6, 6.07) is 9.33. The molecule has 0 aliphatic heterocycles. The fourth-order valence-electron chi connectivity index (χ4n) is 3.56. The Balaban J connectivity index is 2.10. The fourth-order valence-corrected chi connectivity index (χ4v) is 3.56. The van der Waals surface area contributed by atoms with Crippen molar-refractivity contribution < 1.29 is 0 Å². The van der Waals surface area contributed by atoms with Gasteiger partial charge in [0.1, 0.15) is 0 Å². The zero-order valence-corrected chi connectivity index (χ0v) is 13.4. The van der Waals surface area contributed by atoms with Crippen molar-refractivity contribution in [2.45, 2.75) is 51.5 Å². The predicted octanol–water partition coefficient (Wildman–Crippen LogP) is 4.37. The van der Waals surface area contributed by atoms with Crippen molar-refractivity contribution in [1.82, 2.24) is 5.32 Å². The Bertz CT molecular complexity index is 392. The molecule has 0 heterocycles. The van der Waals surface area contributed by atoms with E-state index < -0.39 is 0 Å². The topological polar surface area (TPSA) is 15.3 Å². The second-order valence-electron chi connectivity index (χ2n) is 6.19. The average Bonchev–Trinajstić information content (AvgIpc) is 2.50. The normalized spacial score (nSPS) is 17.9. The third-order valence-corrected chi connectivity index (χ3v) is 4.74. The third kappa shape index (κ3) is 3.76. The van der Waals surface area contributed by atoms with Crippen LogP contribution in [-0.4, -0.2) is 20.6 Å². The monoisotopic (exact) mass is 274 g/mol. The molecule has 1 aromatic carbocycles. The van der Waals surface area contributed by atoms with Crippen LogP contribution in [0.3, 0.4) is 0 Å². The van der Waals surface area contributed by atoms with Crippen LogP contribution in [0.5, 0.6) is 0 Å². The number of nitrogens with zero attached hydrogens (tertiary/aromatic N) is 1. The molecule has 2 rings (SSSR count). The van der Waals surface area contributed by atoms with Crippen molar-refractivity contribution in [1.29, 1.82) is 0 Å². The molecule has 1 saturated carbocycles. The van der Waals surface area contributed by atoms with Gasteiger partial charge in [-0.2, -0.15) is 0 Å². The molecular weight excluding hydrogens is 244 g/mol. The summed E-state index contributed by atoms with van der Waals surface area (Å²) in [4.78, 5) is 2.48. The largest absolute Gasteiger partial charge is 0.374 e. The van der Waals surface area contributed by atoms with Gasteiger partial charge in [-0.25, -0.2) is 0 Å². The van der Waals surface area contributed by atoms with Gasteiger partial charge in [0.15, 0.2) is 0 Å². The Morgan fingerprint density at radius 1 is 1.20 bits per heavy atom. The summed E-state index contributed by atoms with van der Waals surface area (Å²) in [6.45, 7) is 3.45. The molecular formula is C18H30N2. The Morgan fingerprint density at radius 2 is 1.90 bits per heavy atom. The molecule has 1 fully saturated rings. The van der Waals surface area contributed by atoms with E-state index in [0.717, 1.165) is 12.3 Å². The Morgan fingerprint density at radius 3 is 2.55 bits per heavy atom. The van der Waals surface area contributed by atoms with Crippen LogP contribution in [0.1, 0.15) is 57.1 Å². The molecule has 112 valence electrons. The highest BCUT2D eigenvalue weighted by atomic mass is 15.1. The average molecular weight is 274 g/mol. The minimum atomic E-state index is 0.458. The minimum Gasteiger partial charge on any atom is -0.374 e. The quantitative estimate of drug-likeness (QED) is 0.828. The first-order chi connectivity index (χ1) is 9.76. The molecule has 0 amide bonds. The van der Waals surface area contributed by atoms with Gasteiger partial charge in [-0.1, -0.05) is 44.4 Å². The maximum absolute atomic E-state index is 3.44. The summed E-state index contributed by atoms with van der Waals surface area (Å²) in [6.07, 6.45) is 8.24. The maximum Gasteiger partial charge on any atom is 0.0412 e. The number of rotatable bonds is 6. The van der Waals surface area contributed by atoms with Gasteiger partial charge in [-0.3, -0.25) is 0 Å². The number of benzene rings is 1. The number of nitrogens with one attached hydrogen (secondary N) is 1. The summed E-state index contributed by atoms with van der Waals surface area (Å²) in [5, 5.41) is 3.44. The molecule has 0 bridgehead atoms. The molecule has 0 saturated heterocycles. The van der Waals surface area contributed by atoms with E-state index in [2.05, 4.69) is 55.5 Å². The van der Waals surface area contributed by atoms with Gasteiger partial charge in [-0.15, -0.1) is 0 Å². The van der Waals surface area contributed by atoms with Gasteiger partial charge in [0.2, 0.25) is 0 Å². The van der Waals surface area contributed by atoms with Gasteiger partial charge in [0.05, 0.1) is 0 Å². The lowest BCUT2D eigenvalue weighted by Crippen LogP contribution is -2.29. The van der Waals surface area contributed by atoms with E-state index in [-0.39, 0.29) is 0 Å². The number of para-hydroxylation sites is 1. The van der Waals surface area contributed by atoms with E-state index in [1.807, 2.05) is 0 Å². The molecule has 2 nitrogen and oxygen atoms in total. The van der Waals surface area contributed by atoms with Crippen LogP contribution in [0.2, 0.25) is 0 Å². The Labute approximate surface area is 124 Å². The molecule has 1 aromatic rings. The fraction of sp³-hybridized carbons (Fsp3) is 0.667. The van der Waals surface area contributed by atoms with Gasteiger partial charge in [0, 0.05) is 25.3 Å². The first kappa shape index (κ1) is 15.4. The summed E-state index contributed by atoms with van der Waals surface area (Å²) in [5.41, 5.74) is 2.84. The van der Waals surface area contributed by atoms with Gasteiger partial charge in [0.25, 0.3) is 0 Å². The van der Waals surface area contributed by atoms with Gasteiger partial charge < -0.3 is 10.2 Å². The first-order valence-electron chi connectivity index (χ1n) is 8.23. The molecule has 0 radical (unpaired) electrons. The molecule has 1 atom stereocenters. The summed E-state index contributed by atoms with van der Waals surface area (Å²) in [5.74, 6) is 0.886. The van der Waals surface area contributed by atoms with Crippen molar-refractivity contribution in [2.24, 2.45) is 5.92 Å². The molecule has 1 N–H and O–H groups in total. The highest BCUT2D eigenvalue weighted by Crippen LogP contribution is 2.30. The van der Waals surface area contributed by atoms with Crippen molar-refractivity contribution >= 4 is 5.69 Å². The van der Waals surface area contributed by atoms with Crippen molar-refractivity contribution in [3.8, 4) is 0 Å². The zero-order valence-electron chi connectivity index (χ0n) is 13.4. The lowest BCUT2D eigenvalue weighted by atomic mass is 9.88. The van der Waals surface area contributed by atoms with E-state index in [0.29, 0.717) is 6.04 Å². The van der Waals surface area contributed by atoms with Crippen LogP contribution < -0.4 is 10.2 Å². The van der Waals surface area contributed by atoms with E-state index in [1.165, 1.54) is 49.9 Å². The highest BCUT2D eigenvalue weighted by Gasteiger charge is 2.18. The van der Waals surface area contributed by atoms with E-state index in [4.69, 9.17) is 0 Å². The van der Waals surface area contributed by atoms with Crippen LogP contribution in [0.15, 0.2) is 24.3 Å². The molecule has 1 unspecified atom stereocenters. The van der Waals surface area contributed by atoms with E-state index in [9.17, 15) is 0 Å². The third-order valence-electron chi connectivity index (χ3n) is 4.74. The van der Waals surface area contributed by atoms with Crippen LogP contribution in [0.25, 0.3) is 0 Å². The van der Waals surface area contributed by atoms with Crippen LogP contribution in [0, 0.1) is 5.92 Å². The predicted molar refractivity (Wildman–Crippen MR) is 88.4 cm³/mol. The van der Waals surface area contributed by atoms with Crippen LogP contribution in [0.4, 0.5) is 5.69 Å². The lowest BCUT2D eigenvalue weighted by Gasteiger charge is -2.31. The molecule has 1 aliphatic rings. The van der Waals surface area contributed by atoms with E-state index in [1.54, 1.807) is 0 Å². The lowest BCUT2D eigenvalue weighted by molar-refractivity contribution is 0.362. The molecule has 0 aromatic heterocycles. The van der Waals surface area contributed by atoms with Crippen LogP contribution in [-0.2, 0) is 0 Å². The zero-order chi connectivity index (χ0) is 14.4. The maximum atomic E-state index is 3.44. The number of anilines is 1. The molecule has 1 aliphatic carbocycles. The van der Waals surface area contributed by atoms with Gasteiger partial charge >= 0.3 is 0 Å². The van der Waals surface area contributed by atoms with Crippen molar-refractivity contribution in [3.05, 3.63) is 29.8 Å². The smallest absolute Gasteiger partial charge is 0.0412 e. The number of hydrogen-bond acceptors (Lipinski definition) is 2. The summed E-state index contributed by atoms with van der Waals surface area (Å²) < 4.78 is 0. The van der Waals surface area contributed by atoms with Crippen molar-refractivity contribution in [2.75, 3.05) is 25.5 Å². The minimum absolute atomic E-state index is 0.458. The standard InChI is InChI=1S/C18H30N2/c1-4-17(19-2)16-12-8-9-13-18(16)20(3)14-15-10-6-5-7-11-15/h8-9,12-13,15,17,19H,4-7,10-11,14H2,1-3H3. The number of hydrogen-bond donors (Lipinski definition) is 1. The molecule has 20 heavy (non-hydrogen) atoms. The molecule has 2 heteroatoms. The summed E-state index contributed by atoms with van der Waals surface area (Å²) in [7, 11) is 4.32. The summed E-state index contributed by atoms with van der Waals surface area (Å²) >= 11 is 0. The van der Waals surface area contributed by atoms with E-state index >= 15 is 0 Å². The van der Waals surface area contributed by atoms with Crippen molar-refractivity contribution in [3.63, 3.8) is 0 Å². The SMILES string of the molecule is CCC(NC)c1ccccc1N(C)CC1CCCCC1. The highest BCUT2D eigenvalue weighted by molar-refractivity contribution is 5.54. The Kier molecular flexibility index (Phi) is 5.90. The first-order valence-corrected chi connectivity index (χ1v) is 8.23. The van der Waals surface area contributed by atoms with Gasteiger partial charge in [-0.05, 0) is 43.9 Å². The second-order valence-corrected chi connectivity index (χ2v) is 6.19.